The second-order valence-corrected chi connectivity index (χ2v) is 10.3. The van der Waals surface area contributed by atoms with Crippen molar-refractivity contribution in [1.82, 2.24) is 14.7 Å². The first-order chi connectivity index (χ1) is 17.2. The highest BCUT2D eigenvalue weighted by Crippen LogP contribution is 2.22. The number of likely N-dealkylation sites (tertiary alicyclic amines) is 1. The molecule has 36 heavy (non-hydrogen) atoms. The molecule has 190 valence electrons. The summed E-state index contributed by atoms with van der Waals surface area (Å²) < 4.78 is 13.2. The fourth-order valence-electron chi connectivity index (χ4n) is 4.69. The third-order valence-corrected chi connectivity index (χ3v) is 7.21. The van der Waals surface area contributed by atoms with Gasteiger partial charge in [-0.1, -0.05) is 41.6 Å². The lowest BCUT2D eigenvalue weighted by molar-refractivity contribution is -0.130. The van der Waals surface area contributed by atoms with E-state index in [0.717, 1.165) is 43.9 Å². The summed E-state index contributed by atoms with van der Waals surface area (Å²) in [4.78, 5) is 19.4. The van der Waals surface area contributed by atoms with E-state index in [2.05, 4.69) is 21.6 Å². The average molecular weight is 510 g/mol. The number of nitrogens with zero attached hydrogens (tertiary/aromatic N) is 3. The van der Waals surface area contributed by atoms with Crippen molar-refractivity contribution in [3.8, 4) is 11.8 Å². The molecule has 2 heterocycles. The minimum absolute atomic E-state index is 0.0493. The van der Waals surface area contributed by atoms with E-state index in [-0.39, 0.29) is 17.8 Å². The Balaban J connectivity index is 1.40. The highest BCUT2D eigenvalue weighted by molar-refractivity contribution is 6.30. The Morgan fingerprint density at radius 3 is 2.58 bits per heavy atom. The van der Waals surface area contributed by atoms with Crippen LogP contribution in [0.4, 0.5) is 4.39 Å². The van der Waals surface area contributed by atoms with Crippen LogP contribution < -0.4 is 0 Å². The standard InChI is InChI=1S/C29H33ClFN3O2/c1-22-20-33(21-23-3-8-27(31)9-4-23)17-18-34(22)28(35)10-6-24-5-7-26(30)19-25(24)11-12-29(36)13-15-32(2)16-14-29/h3-10,19,22,36H,13-18,20-21H2,1-2H3/b10-6+. The maximum Gasteiger partial charge on any atom is 0.246 e. The molecule has 0 bridgehead atoms. The van der Waals surface area contributed by atoms with Gasteiger partial charge >= 0.3 is 0 Å². The Morgan fingerprint density at radius 1 is 1.17 bits per heavy atom. The number of carbonyl (C=O) groups excluding carboxylic acids is 1. The van der Waals surface area contributed by atoms with Crippen molar-refractivity contribution >= 4 is 23.6 Å². The zero-order valence-electron chi connectivity index (χ0n) is 20.9. The van der Waals surface area contributed by atoms with Gasteiger partial charge in [-0.3, -0.25) is 9.69 Å². The molecular weight excluding hydrogens is 477 g/mol. The van der Waals surface area contributed by atoms with Crippen LogP contribution in [-0.2, 0) is 11.3 Å². The third kappa shape index (κ3) is 6.96. The monoisotopic (exact) mass is 509 g/mol. The molecule has 2 saturated heterocycles. The first-order valence-electron chi connectivity index (χ1n) is 12.4. The van der Waals surface area contributed by atoms with Crippen LogP contribution in [0.1, 0.15) is 36.5 Å². The molecule has 0 aliphatic carbocycles. The van der Waals surface area contributed by atoms with Crippen molar-refractivity contribution < 1.29 is 14.3 Å². The summed E-state index contributed by atoms with van der Waals surface area (Å²) in [6, 6.07) is 12.0. The van der Waals surface area contributed by atoms with Gasteiger partial charge in [0.1, 0.15) is 11.4 Å². The number of amides is 1. The molecule has 4 rings (SSSR count). The van der Waals surface area contributed by atoms with E-state index in [1.807, 2.05) is 24.9 Å². The van der Waals surface area contributed by atoms with E-state index in [9.17, 15) is 14.3 Å². The lowest BCUT2D eigenvalue weighted by Gasteiger charge is -2.39. The topological polar surface area (TPSA) is 47.0 Å². The van der Waals surface area contributed by atoms with Gasteiger partial charge in [0.25, 0.3) is 0 Å². The number of benzene rings is 2. The second-order valence-electron chi connectivity index (χ2n) is 9.89. The largest absolute Gasteiger partial charge is 0.377 e. The number of piperidine rings is 1. The first-order valence-corrected chi connectivity index (χ1v) is 12.8. The van der Waals surface area contributed by atoms with E-state index in [1.165, 1.54) is 12.1 Å². The van der Waals surface area contributed by atoms with Crippen molar-refractivity contribution in [3.05, 3.63) is 76.1 Å². The van der Waals surface area contributed by atoms with Crippen LogP contribution in [0.2, 0.25) is 5.02 Å². The minimum atomic E-state index is -1.01. The van der Waals surface area contributed by atoms with E-state index in [0.29, 0.717) is 30.0 Å². The highest BCUT2D eigenvalue weighted by Gasteiger charge is 2.29. The van der Waals surface area contributed by atoms with E-state index in [4.69, 9.17) is 11.6 Å². The van der Waals surface area contributed by atoms with Crippen molar-refractivity contribution in [2.75, 3.05) is 39.8 Å². The van der Waals surface area contributed by atoms with Gasteiger partial charge < -0.3 is 14.9 Å². The predicted octanol–water partition coefficient (Wildman–Crippen LogP) is 4.03. The SMILES string of the molecule is CC1CN(Cc2ccc(F)cc2)CCN1C(=O)/C=C/c1ccc(Cl)cc1C#CC1(O)CCN(C)CC1. The maximum atomic E-state index is 13.2. The molecule has 0 spiro atoms. The number of piperazine rings is 1. The van der Waals surface area contributed by atoms with Crippen molar-refractivity contribution in [1.29, 1.82) is 0 Å². The van der Waals surface area contributed by atoms with Gasteiger partial charge in [-0.05, 0) is 55.4 Å². The van der Waals surface area contributed by atoms with E-state index >= 15 is 0 Å². The quantitative estimate of drug-likeness (QED) is 0.499. The van der Waals surface area contributed by atoms with Gasteiger partial charge in [-0.25, -0.2) is 4.39 Å². The molecular formula is C29H33ClFN3O2. The van der Waals surface area contributed by atoms with Gasteiger partial charge in [0.2, 0.25) is 5.91 Å². The molecule has 1 unspecified atom stereocenters. The second kappa shape index (κ2) is 11.6. The molecule has 2 aliphatic rings. The van der Waals surface area contributed by atoms with Crippen LogP contribution in [0.5, 0.6) is 0 Å². The van der Waals surface area contributed by atoms with Gasteiger partial charge in [0.05, 0.1) is 0 Å². The Hall–Kier alpha value is -2.69. The fourth-order valence-corrected chi connectivity index (χ4v) is 4.86. The number of rotatable bonds is 4. The minimum Gasteiger partial charge on any atom is -0.377 e. The van der Waals surface area contributed by atoms with Crippen molar-refractivity contribution in [3.63, 3.8) is 0 Å². The average Bonchev–Trinajstić information content (AvgIpc) is 2.85. The molecule has 0 saturated carbocycles. The molecule has 2 fully saturated rings. The zero-order valence-corrected chi connectivity index (χ0v) is 21.6. The molecule has 2 aromatic carbocycles. The molecule has 2 aliphatic heterocycles. The molecule has 1 atom stereocenters. The number of hydrogen-bond acceptors (Lipinski definition) is 4. The molecule has 1 N–H and O–H groups in total. The summed E-state index contributed by atoms with van der Waals surface area (Å²) in [5.74, 6) is 5.88. The fraction of sp³-hybridized carbons (Fsp3) is 0.414. The summed E-state index contributed by atoms with van der Waals surface area (Å²) >= 11 is 6.22. The van der Waals surface area contributed by atoms with Crippen LogP contribution in [-0.4, -0.2) is 77.1 Å². The number of halogens is 2. The van der Waals surface area contributed by atoms with Gasteiger partial charge in [0, 0.05) is 74.8 Å². The summed E-state index contributed by atoms with van der Waals surface area (Å²) in [7, 11) is 2.04. The zero-order chi connectivity index (χ0) is 25.7. The summed E-state index contributed by atoms with van der Waals surface area (Å²) in [5.41, 5.74) is 1.54. The number of aliphatic hydroxyl groups is 1. The first kappa shape index (κ1) is 26.4. The number of hydrogen-bond donors (Lipinski definition) is 1. The van der Waals surface area contributed by atoms with Crippen LogP contribution in [0.15, 0.2) is 48.5 Å². The lowest BCUT2D eigenvalue weighted by atomic mass is 9.92. The summed E-state index contributed by atoms with van der Waals surface area (Å²) in [6.45, 7) is 6.52. The summed E-state index contributed by atoms with van der Waals surface area (Å²) in [6.07, 6.45) is 4.57. The number of carbonyl (C=O) groups is 1. The van der Waals surface area contributed by atoms with Crippen LogP contribution in [0, 0.1) is 17.7 Å². The molecule has 7 heteroatoms. The smallest absolute Gasteiger partial charge is 0.246 e. The Bertz CT molecular complexity index is 1160. The van der Waals surface area contributed by atoms with Crippen LogP contribution in [0.25, 0.3) is 6.08 Å². The normalized spacial score (nSPS) is 20.8. The highest BCUT2D eigenvalue weighted by atomic mass is 35.5. The molecule has 1 amide bonds. The van der Waals surface area contributed by atoms with E-state index in [1.54, 1.807) is 36.4 Å². The molecule has 5 nitrogen and oxygen atoms in total. The molecule has 2 aromatic rings. The Morgan fingerprint density at radius 2 is 1.89 bits per heavy atom. The van der Waals surface area contributed by atoms with Crippen molar-refractivity contribution in [2.24, 2.45) is 0 Å². The Labute approximate surface area is 218 Å². The summed E-state index contributed by atoms with van der Waals surface area (Å²) in [5, 5.41) is 11.4. The Kier molecular flexibility index (Phi) is 8.48. The predicted molar refractivity (Wildman–Crippen MR) is 142 cm³/mol. The van der Waals surface area contributed by atoms with Crippen LogP contribution >= 0.6 is 11.6 Å². The molecule has 0 radical (unpaired) electrons. The van der Waals surface area contributed by atoms with Crippen molar-refractivity contribution in [2.45, 2.75) is 38.0 Å². The lowest BCUT2D eigenvalue weighted by Crippen LogP contribution is -2.53. The van der Waals surface area contributed by atoms with Gasteiger partial charge in [-0.15, -0.1) is 0 Å². The van der Waals surface area contributed by atoms with Gasteiger partial charge in [-0.2, -0.15) is 0 Å². The third-order valence-electron chi connectivity index (χ3n) is 6.98. The maximum absolute atomic E-state index is 13.2. The van der Waals surface area contributed by atoms with Crippen LogP contribution in [0.3, 0.4) is 0 Å². The van der Waals surface area contributed by atoms with Gasteiger partial charge in [0.15, 0.2) is 0 Å². The van der Waals surface area contributed by atoms with E-state index < -0.39 is 5.60 Å². The molecule has 0 aromatic heterocycles.